The van der Waals surface area contributed by atoms with Gasteiger partial charge in [-0.2, -0.15) is 11.8 Å². The highest BCUT2D eigenvalue weighted by atomic mass is 32.2. The van der Waals surface area contributed by atoms with Crippen LogP contribution in [-0.2, 0) is 0 Å². The van der Waals surface area contributed by atoms with Gasteiger partial charge < -0.3 is 15.7 Å². The van der Waals surface area contributed by atoms with E-state index >= 15 is 0 Å². The first kappa shape index (κ1) is 18.8. The number of thioether (sulfide) groups is 1. The lowest BCUT2D eigenvalue weighted by Gasteiger charge is -2.21. The summed E-state index contributed by atoms with van der Waals surface area (Å²) in [7, 11) is 0. The third kappa shape index (κ3) is 6.23. The molecule has 0 amide bonds. The average Bonchev–Trinajstić information content (AvgIpc) is 2.50. The summed E-state index contributed by atoms with van der Waals surface area (Å²) in [4.78, 5) is 4.51. The van der Waals surface area contributed by atoms with Crippen LogP contribution in [0.15, 0.2) is 29.3 Å². The number of hydrogen-bond donors (Lipinski definition) is 3. The van der Waals surface area contributed by atoms with E-state index in [1.54, 1.807) is 30.0 Å². The van der Waals surface area contributed by atoms with E-state index in [1.165, 1.54) is 6.07 Å². The first-order valence-corrected chi connectivity index (χ1v) is 8.62. The number of nitrogens with one attached hydrogen (secondary N) is 2. The Balaban J connectivity index is 2.64. The molecule has 0 fully saturated rings. The van der Waals surface area contributed by atoms with Crippen LogP contribution < -0.4 is 10.6 Å². The van der Waals surface area contributed by atoms with Crippen molar-refractivity contribution >= 4 is 17.7 Å². The summed E-state index contributed by atoms with van der Waals surface area (Å²) in [5.74, 6) is 0.224. The van der Waals surface area contributed by atoms with Gasteiger partial charge in [0.15, 0.2) is 5.96 Å². The second-order valence-corrected chi connectivity index (χ2v) is 7.09. The molecule has 0 heterocycles. The van der Waals surface area contributed by atoms with Crippen LogP contribution in [0, 0.1) is 5.82 Å². The summed E-state index contributed by atoms with van der Waals surface area (Å²) in [6.45, 7) is 7.80. The Labute approximate surface area is 136 Å². The van der Waals surface area contributed by atoms with Crippen LogP contribution in [0.5, 0.6) is 0 Å². The molecule has 0 aliphatic heterocycles. The summed E-state index contributed by atoms with van der Waals surface area (Å²) < 4.78 is 13.7. The topological polar surface area (TPSA) is 56.7 Å². The molecule has 1 rings (SSSR count). The molecule has 1 aromatic carbocycles. The summed E-state index contributed by atoms with van der Waals surface area (Å²) in [5, 5.41) is 16.3. The Kier molecular flexibility index (Phi) is 7.68. The van der Waals surface area contributed by atoms with Crippen molar-refractivity contribution in [2.24, 2.45) is 4.99 Å². The number of halogens is 1. The van der Waals surface area contributed by atoms with Gasteiger partial charge in [0.1, 0.15) is 5.82 Å². The fourth-order valence-electron chi connectivity index (χ4n) is 1.72. The van der Waals surface area contributed by atoms with Crippen LogP contribution in [0.4, 0.5) is 4.39 Å². The Bertz CT molecular complexity index is 494. The van der Waals surface area contributed by atoms with Gasteiger partial charge in [-0.15, -0.1) is 0 Å². The minimum atomic E-state index is -0.918. The van der Waals surface area contributed by atoms with Crippen molar-refractivity contribution in [3.05, 3.63) is 35.6 Å². The van der Waals surface area contributed by atoms with Crippen LogP contribution in [0.25, 0.3) is 0 Å². The van der Waals surface area contributed by atoms with E-state index in [2.05, 4.69) is 35.7 Å². The highest BCUT2D eigenvalue weighted by molar-refractivity contribution is 7.99. The van der Waals surface area contributed by atoms with Gasteiger partial charge in [-0.3, -0.25) is 4.99 Å². The van der Waals surface area contributed by atoms with Crippen LogP contribution in [0.2, 0.25) is 0 Å². The lowest BCUT2D eigenvalue weighted by Crippen LogP contribution is -2.40. The SMILES string of the molecule is CCNC(=NCC(C)(C)SC)NCC(O)c1ccccc1F. The molecule has 0 saturated carbocycles. The first-order valence-electron chi connectivity index (χ1n) is 7.39. The highest BCUT2D eigenvalue weighted by Gasteiger charge is 2.16. The van der Waals surface area contributed by atoms with E-state index < -0.39 is 11.9 Å². The first-order chi connectivity index (χ1) is 10.4. The van der Waals surface area contributed by atoms with Crippen LogP contribution in [0.3, 0.4) is 0 Å². The van der Waals surface area contributed by atoms with E-state index in [-0.39, 0.29) is 16.9 Å². The normalized spacial score (nSPS) is 13.8. The third-order valence-corrected chi connectivity index (χ3v) is 4.48. The van der Waals surface area contributed by atoms with Crippen LogP contribution >= 0.6 is 11.8 Å². The lowest BCUT2D eigenvalue weighted by molar-refractivity contribution is 0.176. The fraction of sp³-hybridized carbons (Fsp3) is 0.562. The molecule has 22 heavy (non-hydrogen) atoms. The van der Waals surface area contributed by atoms with Gasteiger partial charge in [-0.05, 0) is 33.1 Å². The van der Waals surface area contributed by atoms with Crippen LogP contribution in [0.1, 0.15) is 32.4 Å². The maximum absolute atomic E-state index is 13.6. The molecule has 4 nitrogen and oxygen atoms in total. The fourth-order valence-corrected chi connectivity index (χ4v) is 1.92. The minimum Gasteiger partial charge on any atom is -0.386 e. The van der Waals surface area contributed by atoms with E-state index in [1.807, 2.05) is 6.92 Å². The standard InChI is InChI=1S/C16H26FN3OS/c1-5-18-15(20-11-16(2,3)22-4)19-10-14(21)12-8-6-7-9-13(12)17/h6-9,14,21H,5,10-11H2,1-4H3,(H2,18,19,20). The quantitative estimate of drug-likeness (QED) is 0.532. The molecule has 1 aromatic rings. The molecule has 0 aliphatic rings. The van der Waals surface area contributed by atoms with Crippen molar-refractivity contribution in [3.63, 3.8) is 0 Å². The minimum absolute atomic E-state index is 0.0481. The predicted molar refractivity (Wildman–Crippen MR) is 92.9 cm³/mol. The second kappa shape index (κ2) is 9.00. The van der Waals surface area contributed by atoms with E-state index in [9.17, 15) is 9.50 Å². The van der Waals surface area contributed by atoms with Crippen molar-refractivity contribution in [2.75, 3.05) is 25.9 Å². The van der Waals surface area contributed by atoms with Gasteiger partial charge in [-0.1, -0.05) is 18.2 Å². The molecule has 0 aliphatic carbocycles. The smallest absolute Gasteiger partial charge is 0.191 e. The zero-order valence-electron chi connectivity index (χ0n) is 13.7. The number of benzene rings is 1. The third-order valence-electron chi connectivity index (χ3n) is 3.24. The van der Waals surface area contributed by atoms with Crippen LogP contribution in [-0.4, -0.2) is 41.7 Å². The highest BCUT2D eigenvalue weighted by Crippen LogP contribution is 2.21. The molecular weight excluding hydrogens is 301 g/mol. The molecule has 0 saturated heterocycles. The second-order valence-electron chi connectivity index (χ2n) is 5.58. The Morgan fingerprint density at radius 3 is 2.64 bits per heavy atom. The van der Waals surface area contributed by atoms with Crippen molar-refractivity contribution in [2.45, 2.75) is 31.6 Å². The molecule has 1 atom stereocenters. The number of aliphatic hydroxyl groups is 1. The Morgan fingerprint density at radius 1 is 1.36 bits per heavy atom. The van der Waals surface area contributed by atoms with Gasteiger partial charge in [0.05, 0.1) is 12.6 Å². The molecule has 0 aromatic heterocycles. The molecule has 0 radical (unpaired) electrons. The number of nitrogens with zero attached hydrogens (tertiary/aromatic N) is 1. The van der Waals surface area contributed by atoms with Crippen molar-refractivity contribution in [3.8, 4) is 0 Å². The van der Waals surface area contributed by atoms with Gasteiger partial charge in [0.25, 0.3) is 0 Å². The summed E-state index contributed by atoms with van der Waals surface area (Å²) in [6.07, 6.45) is 1.14. The summed E-state index contributed by atoms with van der Waals surface area (Å²) in [5.41, 5.74) is 0.287. The number of aliphatic imine (C=N–C) groups is 1. The van der Waals surface area contributed by atoms with Gasteiger partial charge >= 0.3 is 0 Å². The number of rotatable bonds is 7. The van der Waals surface area contributed by atoms with E-state index in [0.717, 1.165) is 6.54 Å². The van der Waals surface area contributed by atoms with Crippen molar-refractivity contribution in [1.29, 1.82) is 0 Å². The molecule has 6 heteroatoms. The maximum atomic E-state index is 13.6. The number of guanidine groups is 1. The lowest BCUT2D eigenvalue weighted by atomic mass is 10.1. The number of hydrogen-bond acceptors (Lipinski definition) is 3. The Morgan fingerprint density at radius 2 is 2.05 bits per heavy atom. The number of aliphatic hydroxyl groups excluding tert-OH is 1. The summed E-state index contributed by atoms with van der Waals surface area (Å²) in [6, 6.07) is 6.25. The molecule has 3 N–H and O–H groups in total. The zero-order valence-corrected chi connectivity index (χ0v) is 14.5. The monoisotopic (exact) mass is 327 g/mol. The van der Waals surface area contributed by atoms with Gasteiger partial charge in [-0.25, -0.2) is 4.39 Å². The zero-order chi connectivity index (χ0) is 16.6. The van der Waals surface area contributed by atoms with Gasteiger partial charge in [0, 0.05) is 23.4 Å². The van der Waals surface area contributed by atoms with Crippen molar-refractivity contribution in [1.82, 2.24) is 10.6 Å². The van der Waals surface area contributed by atoms with Crippen molar-refractivity contribution < 1.29 is 9.50 Å². The van der Waals surface area contributed by atoms with E-state index in [4.69, 9.17) is 0 Å². The summed E-state index contributed by atoms with van der Waals surface area (Å²) >= 11 is 1.75. The molecule has 124 valence electrons. The Hall–Kier alpha value is -1.27. The maximum Gasteiger partial charge on any atom is 0.191 e. The largest absolute Gasteiger partial charge is 0.386 e. The average molecular weight is 327 g/mol. The molecule has 0 bridgehead atoms. The molecule has 0 spiro atoms. The van der Waals surface area contributed by atoms with Gasteiger partial charge in [0.2, 0.25) is 0 Å². The molecule has 1 unspecified atom stereocenters. The predicted octanol–water partition coefficient (Wildman–Crippen LogP) is 2.56. The van der Waals surface area contributed by atoms with E-state index in [0.29, 0.717) is 12.5 Å². The molecular formula is C16H26FN3OS.